The summed E-state index contributed by atoms with van der Waals surface area (Å²) in [6.07, 6.45) is 0. The number of nitrogens with zero attached hydrogens (tertiary/aromatic N) is 3. The Morgan fingerprint density at radius 2 is 1.72 bits per heavy atom. The van der Waals surface area contributed by atoms with Crippen LogP contribution >= 0.6 is 0 Å². The summed E-state index contributed by atoms with van der Waals surface area (Å²) >= 11 is 0. The van der Waals surface area contributed by atoms with Crippen molar-refractivity contribution in [1.29, 1.82) is 0 Å². The van der Waals surface area contributed by atoms with E-state index in [2.05, 4.69) is 10.0 Å². The Kier molecular flexibility index (Phi) is 4.18. The largest absolute Gasteiger partial charge is 0.497 e. The molecule has 1 aromatic rings. The summed E-state index contributed by atoms with van der Waals surface area (Å²) in [6.45, 7) is 3.36. The Morgan fingerprint density at radius 3 is 2.11 bits per heavy atom. The van der Waals surface area contributed by atoms with Crippen molar-refractivity contribution >= 4 is 5.91 Å². The number of rotatable bonds is 4. The summed E-state index contributed by atoms with van der Waals surface area (Å²) in [5, 5.41) is 3.14. The third-order valence-electron chi connectivity index (χ3n) is 2.74. The van der Waals surface area contributed by atoms with Crippen LogP contribution < -0.4 is 9.47 Å². The van der Waals surface area contributed by atoms with Crippen molar-refractivity contribution in [2.45, 2.75) is 19.3 Å². The SMILES string of the molecule is COc1cc(OC)cc(C(C)(C)C(=O)N=[N+]=[N-])c1. The lowest BCUT2D eigenvalue weighted by Gasteiger charge is -2.22. The number of carbonyl (C=O) groups is 1. The molecule has 0 aromatic heterocycles. The van der Waals surface area contributed by atoms with E-state index in [-0.39, 0.29) is 0 Å². The number of ether oxygens (including phenoxy) is 2. The summed E-state index contributed by atoms with van der Waals surface area (Å²) in [6, 6.07) is 5.14. The molecule has 0 spiro atoms. The molecule has 1 rings (SSSR count). The number of hydrogen-bond donors (Lipinski definition) is 0. The quantitative estimate of drug-likeness (QED) is 0.467. The maximum Gasteiger partial charge on any atom is 0.228 e. The van der Waals surface area contributed by atoms with E-state index >= 15 is 0 Å². The molecule has 0 unspecified atom stereocenters. The lowest BCUT2D eigenvalue weighted by Crippen LogP contribution is -2.27. The standard InChI is InChI=1S/C12H15N3O3/c1-12(2,11(16)14-15-13)8-5-9(17-3)7-10(6-8)18-4/h5-7H,1-4H3. The van der Waals surface area contributed by atoms with Crippen LogP contribution in [0.1, 0.15) is 19.4 Å². The number of azide groups is 1. The molecule has 6 nitrogen and oxygen atoms in total. The van der Waals surface area contributed by atoms with E-state index < -0.39 is 11.3 Å². The zero-order chi connectivity index (χ0) is 13.8. The number of methoxy groups -OCH3 is 2. The maximum absolute atomic E-state index is 11.8. The van der Waals surface area contributed by atoms with Crippen molar-refractivity contribution in [3.05, 3.63) is 34.2 Å². The zero-order valence-corrected chi connectivity index (χ0v) is 10.8. The molecular formula is C12H15N3O3. The van der Waals surface area contributed by atoms with Crippen LogP contribution in [0.2, 0.25) is 0 Å². The summed E-state index contributed by atoms with van der Waals surface area (Å²) < 4.78 is 10.3. The second-order valence-electron chi connectivity index (χ2n) is 4.22. The molecule has 18 heavy (non-hydrogen) atoms. The highest BCUT2D eigenvalue weighted by Crippen LogP contribution is 2.32. The fourth-order valence-electron chi connectivity index (χ4n) is 1.46. The van der Waals surface area contributed by atoms with Crippen LogP contribution in [-0.2, 0) is 10.2 Å². The van der Waals surface area contributed by atoms with Gasteiger partial charge in [0.15, 0.2) is 0 Å². The van der Waals surface area contributed by atoms with Gasteiger partial charge in [-0.25, -0.2) is 0 Å². The van der Waals surface area contributed by atoms with Crippen molar-refractivity contribution in [3.8, 4) is 11.5 Å². The summed E-state index contributed by atoms with van der Waals surface area (Å²) in [4.78, 5) is 14.3. The molecule has 1 amide bonds. The van der Waals surface area contributed by atoms with Crippen molar-refractivity contribution in [3.63, 3.8) is 0 Å². The molecular weight excluding hydrogens is 234 g/mol. The van der Waals surface area contributed by atoms with E-state index in [1.165, 1.54) is 14.2 Å². The molecule has 1 aromatic carbocycles. The van der Waals surface area contributed by atoms with Gasteiger partial charge in [0.2, 0.25) is 5.91 Å². The van der Waals surface area contributed by atoms with E-state index in [0.29, 0.717) is 17.1 Å². The Morgan fingerprint density at radius 1 is 1.22 bits per heavy atom. The molecule has 0 fully saturated rings. The van der Waals surface area contributed by atoms with Crippen LogP contribution in [0.4, 0.5) is 0 Å². The number of amides is 1. The van der Waals surface area contributed by atoms with Gasteiger partial charge in [0.1, 0.15) is 11.5 Å². The predicted molar refractivity (Wildman–Crippen MR) is 66.7 cm³/mol. The monoisotopic (exact) mass is 249 g/mol. The molecule has 0 atom stereocenters. The van der Waals surface area contributed by atoms with Gasteiger partial charge in [-0.15, -0.1) is 0 Å². The van der Waals surface area contributed by atoms with Gasteiger partial charge >= 0.3 is 0 Å². The predicted octanol–water partition coefficient (Wildman–Crippen LogP) is 2.82. The van der Waals surface area contributed by atoms with Gasteiger partial charge < -0.3 is 9.47 Å². The fraction of sp³-hybridized carbons (Fsp3) is 0.417. The molecule has 0 heterocycles. The number of carbonyl (C=O) groups excluding carboxylic acids is 1. The van der Waals surface area contributed by atoms with E-state index in [1.54, 1.807) is 32.0 Å². The summed E-state index contributed by atoms with van der Waals surface area (Å²) in [5.41, 5.74) is 8.06. The van der Waals surface area contributed by atoms with E-state index in [9.17, 15) is 4.79 Å². The number of hydrogen-bond acceptors (Lipinski definition) is 3. The maximum atomic E-state index is 11.8. The van der Waals surface area contributed by atoms with Crippen LogP contribution in [0, 0.1) is 0 Å². The van der Waals surface area contributed by atoms with Gasteiger partial charge in [-0.3, -0.25) is 4.79 Å². The van der Waals surface area contributed by atoms with Crippen molar-refractivity contribution in [2.75, 3.05) is 14.2 Å². The van der Waals surface area contributed by atoms with Crippen LogP contribution in [0.15, 0.2) is 23.3 Å². The highest BCUT2D eigenvalue weighted by atomic mass is 16.5. The van der Waals surface area contributed by atoms with Gasteiger partial charge in [-0.1, -0.05) is 0 Å². The second kappa shape index (κ2) is 5.42. The molecule has 0 saturated carbocycles. The van der Waals surface area contributed by atoms with Gasteiger partial charge in [0, 0.05) is 11.0 Å². The average Bonchev–Trinajstić information content (AvgIpc) is 2.38. The van der Waals surface area contributed by atoms with E-state index in [1.807, 2.05) is 0 Å². The highest BCUT2D eigenvalue weighted by molar-refractivity contribution is 5.88. The molecule has 0 aliphatic heterocycles. The molecule has 0 radical (unpaired) electrons. The third kappa shape index (κ3) is 2.73. The van der Waals surface area contributed by atoms with Gasteiger partial charge in [0.25, 0.3) is 0 Å². The first-order chi connectivity index (χ1) is 8.45. The molecule has 0 saturated heterocycles. The van der Waals surface area contributed by atoms with Crippen LogP contribution in [0.5, 0.6) is 11.5 Å². The molecule has 0 aliphatic rings. The summed E-state index contributed by atoms with van der Waals surface area (Å²) in [5.74, 6) is 0.595. The Hall–Kier alpha value is -2.20. The minimum Gasteiger partial charge on any atom is -0.497 e. The second-order valence-corrected chi connectivity index (χ2v) is 4.22. The first-order valence-electron chi connectivity index (χ1n) is 5.28. The van der Waals surface area contributed by atoms with Crippen LogP contribution in [0.3, 0.4) is 0 Å². The first kappa shape index (κ1) is 13.9. The van der Waals surface area contributed by atoms with Crippen LogP contribution in [0.25, 0.3) is 10.4 Å². The highest BCUT2D eigenvalue weighted by Gasteiger charge is 2.29. The van der Waals surface area contributed by atoms with Gasteiger partial charge in [-0.05, 0) is 42.2 Å². The molecule has 0 bridgehead atoms. The van der Waals surface area contributed by atoms with Crippen molar-refractivity contribution in [1.82, 2.24) is 0 Å². The third-order valence-corrected chi connectivity index (χ3v) is 2.74. The minimum absolute atomic E-state index is 0.555. The topological polar surface area (TPSA) is 84.3 Å². The average molecular weight is 249 g/mol. The number of benzene rings is 1. The zero-order valence-electron chi connectivity index (χ0n) is 10.8. The molecule has 0 N–H and O–H groups in total. The van der Waals surface area contributed by atoms with E-state index in [0.717, 1.165) is 0 Å². The smallest absolute Gasteiger partial charge is 0.228 e. The van der Waals surface area contributed by atoms with Crippen molar-refractivity contribution < 1.29 is 14.3 Å². The van der Waals surface area contributed by atoms with E-state index in [4.69, 9.17) is 15.0 Å². The molecule has 96 valence electrons. The van der Waals surface area contributed by atoms with Gasteiger partial charge in [0.05, 0.1) is 19.6 Å². The molecule has 0 aliphatic carbocycles. The fourth-order valence-corrected chi connectivity index (χ4v) is 1.46. The molecule has 6 heteroatoms. The van der Waals surface area contributed by atoms with Gasteiger partial charge in [-0.2, -0.15) is 0 Å². The van der Waals surface area contributed by atoms with Crippen LogP contribution in [-0.4, -0.2) is 20.1 Å². The normalized spacial score (nSPS) is 10.4. The minimum atomic E-state index is -0.936. The Labute approximate surface area is 105 Å². The Balaban J connectivity index is 3.30. The first-order valence-corrected chi connectivity index (χ1v) is 5.28. The van der Waals surface area contributed by atoms with Crippen molar-refractivity contribution in [2.24, 2.45) is 5.11 Å². The lowest BCUT2D eigenvalue weighted by atomic mass is 9.83. The summed E-state index contributed by atoms with van der Waals surface area (Å²) in [7, 11) is 3.06. The Bertz CT molecular complexity index is 483. The lowest BCUT2D eigenvalue weighted by molar-refractivity contribution is -0.122.